The standard InChI is InChI=1S/C30H40N4.C2H6.2H2/c1-7-10-24(8-2)25(9-3)17-26-18-29(12-11-22(26)4)32-23(5)27-19-30(21-31-20-27)33-28-13-15-34(6)16-14-28;1-2;;/h8-9,11-12,17-21,28,32-33H,4-5,7,10,13-16H2,1-3,6H3;1-2H3;2*1H/b24-8+,25-9+,26-17-;;;. The van der Waals surface area contributed by atoms with E-state index in [1.54, 1.807) is 0 Å². The summed E-state index contributed by atoms with van der Waals surface area (Å²) in [5.74, 6) is 0. The Kier molecular flexibility index (Phi) is 12.2. The van der Waals surface area contributed by atoms with E-state index in [9.17, 15) is 0 Å². The molecule has 2 N–H and O–H groups in total. The zero-order valence-corrected chi connectivity index (χ0v) is 23.3. The highest BCUT2D eigenvalue weighted by Crippen LogP contribution is 2.21. The van der Waals surface area contributed by atoms with Crippen molar-refractivity contribution in [2.24, 2.45) is 0 Å². The highest BCUT2D eigenvalue weighted by molar-refractivity contribution is 5.76. The number of hydrogen-bond donors (Lipinski definition) is 2. The van der Waals surface area contributed by atoms with Gasteiger partial charge in [-0.25, -0.2) is 0 Å². The number of likely N-dealkylation sites (tertiary alicyclic amines) is 1. The van der Waals surface area contributed by atoms with Gasteiger partial charge < -0.3 is 15.5 Å². The summed E-state index contributed by atoms with van der Waals surface area (Å²) in [6.45, 7) is 21.2. The number of nitrogens with zero attached hydrogens (tertiary/aromatic N) is 2. The fourth-order valence-corrected chi connectivity index (χ4v) is 4.38. The van der Waals surface area contributed by atoms with Gasteiger partial charge in [0.15, 0.2) is 0 Å². The summed E-state index contributed by atoms with van der Waals surface area (Å²) >= 11 is 0. The first-order valence-electron chi connectivity index (χ1n) is 13.4. The molecule has 4 heteroatoms. The quantitative estimate of drug-likeness (QED) is 0.369. The Morgan fingerprint density at radius 2 is 1.83 bits per heavy atom. The molecule has 4 nitrogen and oxygen atoms in total. The van der Waals surface area contributed by atoms with Crippen molar-refractivity contribution in [1.29, 1.82) is 0 Å². The lowest BCUT2D eigenvalue weighted by molar-refractivity contribution is 0.264. The highest BCUT2D eigenvalue weighted by Gasteiger charge is 2.16. The Bertz CT molecular complexity index is 1160. The summed E-state index contributed by atoms with van der Waals surface area (Å²) in [6, 6.07) is 8.87. The lowest BCUT2D eigenvalue weighted by Crippen LogP contribution is -2.36. The molecule has 1 aromatic carbocycles. The first-order chi connectivity index (χ1) is 17.4. The third-order valence-corrected chi connectivity index (χ3v) is 6.48. The van der Waals surface area contributed by atoms with E-state index in [4.69, 9.17) is 0 Å². The summed E-state index contributed by atoms with van der Waals surface area (Å²) in [4.78, 5) is 6.83. The minimum Gasteiger partial charge on any atom is -0.381 e. The van der Waals surface area contributed by atoms with Crippen molar-refractivity contribution in [2.45, 2.75) is 66.3 Å². The molecule has 0 bridgehead atoms. The topological polar surface area (TPSA) is 40.2 Å². The summed E-state index contributed by atoms with van der Waals surface area (Å²) in [7, 11) is 2.18. The normalized spacial score (nSPS) is 15.8. The molecule has 1 saturated heterocycles. The molecule has 0 spiro atoms. The number of anilines is 2. The van der Waals surface area contributed by atoms with Gasteiger partial charge in [-0.3, -0.25) is 4.98 Å². The molecule has 3 rings (SSSR count). The Hall–Kier alpha value is -3.11. The van der Waals surface area contributed by atoms with Crippen LogP contribution in [0.2, 0.25) is 0 Å². The SMILES string of the molecule is C=C(Nc1ccc(=C)\c(=C/C(=C\C)C(=C/C)/CCC)c1)c1cncc(NC2CCN(C)CC2)c1.CC.[HH].[HH]. The van der Waals surface area contributed by atoms with E-state index in [1.807, 2.05) is 26.2 Å². The number of aromatic nitrogens is 1. The summed E-state index contributed by atoms with van der Waals surface area (Å²) in [5, 5.41) is 9.24. The number of nitrogens with one attached hydrogen (secondary N) is 2. The Morgan fingerprint density at radius 3 is 2.47 bits per heavy atom. The monoisotopic (exact) mass is 490 g/mol. The van der Waals surface area contributed by atoms with E-state index in [0.717, 1.165) is 71.8 Å². The highest BCUT2D eigenvalue weighted by atomic mass is 15.1. The van der Waals surface area contributed by atoms with Crippen LogP contribution in [0.4, 0.5) is 11.4 Å². The van der Waals surface area contributed by atoms with Crippen molar-refractivity contribution < 1.29 is 2.85 Å². The predicted molar refractivity (Wildman–Crippen MR) is 165 cm³/mol. The van der Waals surface area contributed by atoms with Crippen LogP contribution >= 0.6 is 0 Å². The van der Waals surface area contributed by atoms with Gasteiger partial charge in [-0.15, -0.1) is 0 Å². The molecule has 1 aromatic heterocycles. The maximum Gasteiger partial charge on any atom is 0.0535 e. The van der Waals surface area contributed by atoms with Crippen LogP contribution < -0.4 is 21.1 Å². The second kappa shape index (κ2) is 15.1. The van der Waals surface area contributed by atoms with Crippen LogP contribution in [0.15, 0.2) is 66.5 Å². The molecule has 0 aliphatic carbocycles. The lowest BCUT2D eigenvalue weighted by Gasteiger charge is -2.30. The molecule has 0 saturated carbocycles. The molecule has 0 amide bonds. The van der Waals surface area contributed by atoms with Crippen molar-refractivity contribution in [2.75, 3.05) is 30.8 Å². The number of benzene rings is 1. The van der Waals surface area contributed by atoms with Gasteiger partial charge in [-0.1, -0.05) is 58.6 Å². The third kappa shape index (κ3) is 8.53. The summed E-state index contributed by atoms with van der Waals surface area (Å²) in [6.07, 6.45) is 14.9. The van der Waals surface area contributed by atoms with Crippen LogP contribution in [-0.2, 0) is 0 Å². The smallest absolute Gasteiger partial charge is 0.0535 e. The Labute approximate surface area is 222 Å². The van der Waals surface area contributed by atoms with E-state index in [1.165, 1.54) is 11.1 Å². The maximum absolute atomic E-state index is 4.45. The molecule has 0 unspecified atom stereocenters. The average Bonchev–Trinajstić information content (AvgIpc) is 2.90. The number of piperidine rings is 1. The van der Waals surface area contributed by atoms with Crippen molar-refractivity contribution in [3.63, 3.8) is 0 Å². The van der Waals surface area contributed by atoms with Crippen LogP contribution in [0.5, 0.6) is 0 Å². The van der Waals surface area contributed by atoms with Gasteiger partial charge in [0, 0.05) is 38.2 Å². The molecule has 0 atom stereocenters. The largest absolute Gasteiger partial charge is 0.381 e. The average molecular weight is 491 g/mol. The zero-order chi connectivity index (χ0) is 26.5. The molecule has 198 valence electrons. The van der Waals surface area contributed by atoms with Crippen LogP contribution in [0.3, 0.4) is 0 Å². The molecule has 0 radical (unpaired) electrons. The Balaban J connectivity index is 0.00000334. The number of pyridine rings is 1. The predicted octanol–water partition coefficient (Wildman–Crippen LogP) is 7.07. The third-order valence-electron chi connectivity index (χ3n) is 6.48. The molecule has 1 fully saturated rings. The molecule has 2 aromatic rings. The molecular formula is C32H50N4. The van der Waals surface area contributed by atoms with E-state index in [-0.39, 0.29) is 2.85 Å². The van der Waals surface area contributed by atoms with Crippen molar-refractivity contribution >= 4 is 29.7 Å². The van der Waals surface area contributed by atoms with Crippen molar-refractivity contribution in [3.05, 3.63) is 82.5 Å². The second-order valence-electron chi connectivity index (χ2n) is 9.15. The van der Waals surface area contributed by atoms with Crippen LogP contribution in [0.25, 0.3) is 18.4 Å². The van der Waals surface area contributed by atoms with Gasteiger partial charge in [0.25, 0.3) is 0 Å². The van der Waals surface area contributed by atoms with E-state index in [0.29, 0.717) is 6.04 Å². The summed E-state index contributed by atoms with van der Waals surface area (Å²) in [5.41, 5.74) is 6.47. The maximum atomic E-state index is 4.45. The van der Waals surface area contributed by atoms with Crippen LogP contribution in [0, 0.1) is 0 Å². The van der Waals surface area contributed by atoms with E-state index >= 15 is 0 Å². The van der Waals surface area contributed by atoms with Crippen molar-refractivity contribution in [3.8, 4) is 0 Å². The number of allylic oxidation sites excluding steroid dienone is 4. The van der Waals surface area contributed by atoms with Gasteiger partial charge in [0.2, 0.25) is 0 Å². The summed E-state index contributed by atoms with van der Waals surface area (Å²) < 4.78 is 0. The van der Waals surface area contributed by atoms with E-state index < -0.39 is 0 Å². The fourth-order valence-electron chi connectivity index (χ4n) is 4.38. The second-order valence-corrected chi connectivity index (χ2v) is 9.15. The van der Waals surface area contributed by atoms with Gasteiger partial charge in [0.05, 0.1) is 5.69 Å². The number of hydrogen-bond acceptors (Lipinski definition) is 4. The van der Waals surface area contributed by atoms with Gasteiger partial charge in [0.1, 0.15) is 0 Å². The molecule has 1 aliphatic heterocycles. The van der Waals surface area contributed by atoms with Crippen LogP contribution in [0.1, 0.15) is 68.7 Å². The first-order valence-corrected chi connectivity index (χ1v) is 13.4. The lowest BCUT2D eigenvalue weighted by atomic mass is 9.99. The molecule has 36 heavy (non-hydrogen) atoms. The van der Waals surface area contributed by atoms with Crippen molar-refractivity contribution in [1.82, 2.24) is 9.88 Å². The molecule has 1 aliphatic rings. The zero-order valence-electron chi connectivity index (χ0n) is 23.3. The minimum atomic E-state index is 0. The van der Waals surface area contributed by atoms with E-state index in [2.05, 4.69) is 104 Å². The van der Waals surface area contributed by atoms with Crippen LogP contribution in [-0.4, -0.2) is 36.1 Å². The molecular weight excluding hydrogens is 440 g/mol. The first kappa shape index (κ1) is 29.1. The van der Waals surface area contributed by atoms with Gasteiger partial charge in [-0.2, -0.15) is 0 Å². The molecule has 2 heterocycles. The minimum absolute atomic E-state index is 0. The number of rotatable bonds is 9. The van der Waals surface area contributed by atoms with Gasteiger partial charge in [-0.05, 0) is 99.1 Å². The Morgan fingerprint density at radius 1 is 1.11 bits per heavy atom. The van der Waals surface area contributed by atoms with Gasteiger partial charge >= 0.3 is 0 Å². The fraction of sp³-hybridized carbons (Fsp3) is 0.406.